The van der Waals surface area contributed by atoms with Crippen LogP contribution in [0.3, 0.4) is 0 Å². The van der Waals surface area contributed by atoms with E-state index in [1.54, 1.807) is 0 Å². The largest absolute Gasteiger partial charge is 0.387 e. The molecular weight excluding hydrogens is 186 g/mol. The molecule has 0 aromatic heterocycles. The maximum absolute atomic E-state index is 10.1. The highest BCUT2D eigenvalue weighted by Crippen LogP contribution is 2.44. The molecule has 2 nitrogen and oxygen atoms in total. The third kappa shape index (κ3) is 2.94. The second-order valence-corrected chi connectivity index (χ2v) is 5.50. The van der Waals surface area contributed by atoms with Gasteiger partial charge in [-0.25, -0.2) is 0 Å². The van der Waals surface area contributed by atoms with Crippen LogP contribution < -0.4 is 0 Å². The standard InChI is InChI=1S/C13H25NO/c1-2-3-4-5-6-9-14-10-13(15,11-14)12-7-8-12/h12,15H,2-11H2,1H3. The molecular formula is C13H25NO. The number of aliphatic hydroxyl groups is 1. The van der Waals surface area contributed by atoms with Gasteiger partial charge in [0.2, 0.25) is 0 Å². The third-order valence-electron chi connectivity index (χ3n) is 3.91. The molecule has 1 saturated carbocycles. The van der Waals surface area contributed by atoms with Crippen LogP contribution in [0.15, 0.2) is 0 Å². The van der Waals surface area contributed by atoms with Crippen molar-refractivity contribution in [1.29, 1.82) is 0 Å². The Labute approximate surface area is 93.7 Å². The van der Waals surface area contributed by atoms with Crippen molar-refractivity contribution >= 4 is 0 Å². The SMILES string of the molecule is CCCCCCCN1CC(O)(C2CC2)C1. The number of nitrogens with zero attached hydrogens (tertiary/aromatic N) is 1. The zero-order valence-electron chi connectivity index (χ0n) is 10.0. The monoisotopic (exact) mass is 211 g/mol. The zero-order chi connectivity index (χ0) is 10.7. The van der Waals surface area contributed by atoms with Crippen molar-refractivity contribution in [3.8, 4) is 0 Å². The molecule has 2 heteroatoms. The molecule has 0 spiro atoms. The van der Waals surface area contributed by atoms with Crippen molar-refractivity contribution in [2.45, 2.75) is 57.5 Å². The van der Waals surface area contributed by atoms with Gasteiger partial charge in [0.25, 0.3) is 0 Å². The van der Waals surface area contributed by atoms with E-state index in [0.29, 0.717) is 5.92 Å². The van der Waals surface area contributed by atoms with Gasteiger partial charge in [0.1, 0.15) is 0 Å². The Balaban J connectivity index is 1.48. The first-order valence-corrected chi connectivity index (χ1v) is 6.69. The Morgan fingerprint density at radius 2 is 1.80 bits per heavy atom. The van der Waals surface area contributed by atoms with E-state index in [4.69, 9.17) is 0 Å². The highest BCUT2D eigenvalue weighted by atomic mass is 16.3. The fraction of sp³-hybridized carbons (Fsp3) is 1.00. The Kier molecular flexibility index (Phi) is 3.68. The molecule has 15 heavy (non-hydrogen) atoms. The average Bonchev–Trinajstić information content (AvgIpc) is 2.97. The third-order valence-corrected chi connectivity index (χ3v) is 3.91. The summed E-state index contributed by atoms with van der Waals surface area (Å²) in [6.45, 7) is 5.36. The smallest absolute Gasteiger partial charge is 0.0928 e. The van der Waals surface area contributed by atoms with Crippen LogP contribution in [-0.2, 0) is 0 Å². The Morgan fingerprint density at radius 3 is 2.40 bits per heavy atom. The lowest BCUT2D eigenvalue weighted by atomic mass is 9.88. The lowest BCUT2D eigenvalue weighted by molar-refractivity contribution is -0.113. The minimum Gasteiger partial charge on any atom is -0.387 e. The molecule has 0 unspecified atom stereocenters. The second kappa shape index (κ2) is 4.84. The molecule has 88 valence electrons. The van der Waals surface area contributed by atoms with Crippen LogP contribution in [0.2, 0.25) is 0 Å². The van der Waals surface area contributed by atoms with Crippen LogP contribution in [-0.4, -0.2) is 35.2 Å². The predicted octanol–water partition coefficient (Wildman–Crippen LogP) is 2.41. The summed E-state index contributed by atoms with van der Waals surface area (Å²) in [5.74, 6) is 0.647. The highest BCUT2D eigenvalue weighted by Gasteiger charge is 2.51. The van der Waals surface area contributed by atoms with E-state index in [0.717, 1.165) is 13.1 Å². The molecule has 0 atom stereocenters. The second-order valence-electron chi connectivity index (χ2n) is 5.50. The summed E-state index contributed by atoms with van der Waals surface area (Å²) in [6.07, 6.45) is 9.31. The number of hydrogen-bond acceptors (Lipinski definition) is 2. The first-order chi connectivity index (χ1) is 7.24. The summed E-state index contributed by atoms with van der Waals surface area (Å²) in [4.78, 5) is 2.42. The average molecular weight is 211 g/mol. The Hall–Kier alpha value is -0.0800. The lowest BCUT2D eigenvalue weighted by Crippen LogP contribution is -2.63. The van der Waals surface area contributed by atoms with Gasteiger partial charge in [0.15, 0.2) is 0 Å². The van der Waals surface area contributed by atoms with Gasteiger partial charge in [0, 0.05) is 13.1 Å². The quantitative estimate of drug-likeness (QED) is 0.654. The maximum atomic E-state index is 10.1. The summed E-state index contributed by atoms with van der Waals surface area (Å²) in [5.41, 5.74) is -0.274. The van der Waals surface area contributed by atoms with Crippen molar-refractivity contribution in [2.24, 2.45) is 5.92 Å². The molecule has 0 amide bonds. The summed E-state index contributed by atoms with van der Waals surface area (Å²) in [6, 6.07) is 0. The summed E-state index contributed by atoms with van der Waals surface area (Å²) in [5, 5.41) is 10.1. The van der Waals surface area contributed by atoms with E-state index in [2.05, 4.69) is 11.8 Å². The Morgan fingerprint density at radius 1 is 1.13 bits per heavy atom. The lowest BCUT2D eigenvalue weighted by Gasteiger charge is -2.47. The zero-order valence-corrected chi connectivity index (χ0v) is 10.0. The minimum absolute atomic E-state index is 0.274. The molecule has 1 N–H and O–H groups in total. The number of likely N-dealkylation sites (tertiary alicyclic amines) is 1. The maximum Gasteiger partial charge on any atom is 0.0928 e. The van der Waals surface area contributed by atoms with Crippen LogP contribution in [0.4, 0.5) is 0 Å². The Bertz CT molecular complexity index is 195. The van der Waals surface area contributed by atoms with E-state index in [1.165, 1.54) is 51.5 Å². The molecule has 2 aliphatic rings. The first kappa shape index (κ1) is 11.4. The predicted molar refractivity (Wildman–Crippen MR) is 62.9 cm³/mol. The van der Waals surface area contributed by atoms with Gasteiger partial charge in [-0.2, -0.15) is 0 Å². The van der Waals surface area contributed by atoms with Crippen LogP contribution in [0.1, 0.15) is 51.9 Å². The van der Waals surface area contributed by atoms with Crippen molar-refractivity contribution in [2.75, 3.05) is 19.6 Å². The van der Waals surface area contributed by atoms with Crippen LogP contribution in [0.25, 0.3) is 0 Å². The molecule has 2 fully saturated rings. The highest BCUT2D eigenvalue weighted by molar-refractivity contribution is 5.05. The molecule has 1 saturated heterocycles. The van der Waals surface area contributed by atoms with Gasteiger partial charge in [-0.05, 0) is 31.7 Å². The van der Waals surface area contributed by atoms with Gasteiger partial charge in [-0.3, -0.25) is 4.90 Å². The van der Waals surface area contributed by atoms with Gasteiger partial charge in [-0.15, -0.1) is 0 Å². The molecule has 0 radical (unpaired) electrons. The molecule has 1 heterocycles. The molecule has 1 aliphatic carbocycles. The van der Waals surface area contributed by atoms with E-state index < -0.39 is 0 Å². The van der Waals surface area contributed by atoms with E-state index in [9.17, 15) is 5.11 Å². The molecule has 0 aromatic rings. The van der Waals surface area contributed by atoms with E-state index >= 15 is 0 Å². The van der Waals surface area contributed by atoms with Crippen LogP contribution in [0, 0.1) is 5.92 Å². The van der Waals surface area contributed by atoms with Gasteiger partial charge < -0.3 is 5.11 Å². The fourth-order valence-electron chi connectivity index (χ4n) is 2.70. The van der Waals surface area contributed by atoms with Gasteiger partial charge in [-0.1, -0.05) is 32.6 Å². The molecule has 1 aliphatic heterocycles. The topological polar surface area (TPSA) is 23.5 Å². The fourth-order valence-corrected chi connectivity index (χ4v) is 2.70. The number of β-amino-alcohol motifs (C(OH)–C–C–N with tert-alkyl or cyclic N) is 1. The van der Waals surface area contributed by atoms with E-state index in [-0.39, 0.29) is 5.60 Å². The van der Waals surface area contributed by atoms with Crippen molar-refractivity contribution < 1.29 is 5.11 Å². The minimum atomic E-state index is -0.274. The summed E-state index contributed by atoms with van der Waals surface area (Å²) in [7, 11) is 0. The van der Waals surface area contributed by atoms with Crippen molar-refractivity contribution in [3.05, 3.63) is 0 Å². The van der Waals surface area contributed by atoms with Crippen LogP contribution >= 0.6 is 0 Å². The van der Waals surface area contributed by atoms with Crippen LogP contribution in [0.5, 0.6) is 0 Å². The van der Waals surface area contributed by atoms with E-state index in [1.807, 2.05) is 0 Å². The van der Waals surface area contributed by atoms with Gasteiger partial charge >= 0.3 is 0 Å². The summed E-state index contributed by atoms with van der Waals surface area (Å²) >= 11 is 0. The van der Waals surface area contributed by atoms with Crippen molar-refractivity contribution in [1.82, 2.24) is 4.90 Å². The first-order valence-electron chi connectivity index (χ1n) is 6.69. The normalized spacial score (nSPS) is 25.2. The molecule has 0 bridgehead atoms. The van der Waals surface area contributed by atoms with Crippen molar-refractivity contribution in [3.63, 3.8) is 0 Å². The number of rotatable bonds is 7. The number of unbranched alkanes of at least 4 members (excludes halogenated alkanes) is 4. The summed E-state index contributed by atoms with van der Waals surface area (Å²) < 4.78 is 0. The van der Waals surface area contributed by atoms with Gasteiger partial charge in [0.05, 0.1) is 5.60 Å². The number of hydrogen-bond donors (Lipinski definition) is 1. The molecule has 0 aromatic carbocycles. The molecule has 2 rings (SSSR count).